The van der Waals surface area contributed by atoms with Crippen molar-refractivity contribution in [3.63, 3.8) is 0 Å². The number of nitriles is 1. The topological polar surface area (TPSA) is 78.8 Å². The third kappa shape index (κ3) is 4.63. The SMILES string of the molecule is N#Cc1ccc(-c2nc(N3CCC(N)CC3)nc3c(F)cc(-c4c(F)cccc4C(F)(F)F)cc23)cc1F. The summed E-state index contributed by atoms with van der Waals surface area (Å²) in [7, 11) is 0. The number of piperidine rings is 1. The summed E-state index contributed by atoms with van der Waals surface area (Å²) in [5.74, 6) is -2.90. The summed E-state index contributed by atoms with van der Waals surface area (Å²) in [5, 5.41) is 9.05. The zero-order valence-corrected chi connectivity index (χ0v) is 19.7. The van der Waals surface area contributed by atoms with Gasteiger partial charge in [0.2, 0.25) is 5.95 Å². The van der Waals surface area contributed by atoms with Crippen LogP contribution in [0, 0.1) is 28.8 Å². The maximum absolute atomic E-state index is 15.5. The maximum Gasteiger partial charge on any atom is 0.417 e. The first-order chi connectivity index (χ1) is 18.1. The van der Waals surface area contributed by atoms with Gasteiger partial charge in [0.15, 0.2) is 0 Å². The summed E-state index contributed by atoms with van der Waals surface area (Å²) in [6, 6.07) is 9.78. The van der Waals surface area contributed by atoms with Crippen LogP contribution in [-0.4, -0.2) is 29.1 Å². The molecule has 0 radical (unpaired) electrons. The number of aromatic nitrogens is 2. The second kappa shape index (κ2) is 9.61. The summed E-state index contributed by atoms with van der Waals surface area (Å²) in [4.78, 5) is 10.6. The van der Waals surface area contributed by atoms with Crippen LogP contribution >= 0.6 is 0 Å². The number of halogens is 6. The van der Waals surface area contributed by atoms with E-state index in [1.807, 2.05) is 0 Å². The Bertz CT molecular complexity index is 1590. The number of fused-ring (bicyclic) bond motifs is 1. The Hall–Kier alpha value is -4.17. The highest BCUT2D eigenvalue weighted by atomic mass is 19.4. The molecule has 0 saturated carbocycles. The summed E-state index contributed by atoms with van der Waals surface area (Å²) >= 11 is 0. The van der Waals surface area contributed by atoms with Crippen LogP contribution in [0.4, 0.5) is 32.3 Å². The predicted molar refractivity (Wildman–Crippen MR) is 129 cm³/mol. The van der Waals surface area contributed by atoms with Crippen molar-refractivity contribution < 1.29 is 26.3 Å². The molecule has 3 aromatic carbocycles. The first-order valence-corrected chi connectivity index (χ1v) is 11.6. The van der Waals surface area contributed by atoms with Gasteiger partial charge in [-0.2, -0.15) is 18.4 Å². The third-order valence-corrected chi connectivity index (χ3v) is 6.54. The summed E-state index contributed by atoms with van der Waals surface area (Å²) in [6.07, 6.45) is -3.63. The molecule has 2 N–H and O–H groups in total. The van der Waals surface area contributed by atoms with Gasteiger partial charge in [-0.3, -0.25) is 0 Å². The van der Waals surface area contributed by atoms with Crippen LogP contribution < -0.4 is 10.6 Å². The van der Waals surface area contributed by atoms with Crippen molar-refractivity contribution in [1.29, 1.82) is 5.26 Å². The maximum atomic E-state index is 15.5. The van der Waals surface area contributed by atoms with E-state index in [2.05, 4.69) is 9.97 Å². The number of benzene rings is 3. The lowest BCUT2D eigenvalue weighted by atomic mass is 9.95. The molecule has 1 aromatic heterocycles. The number of hydrogen-bond acceptors (Lipinski definition) is 5. The van der Waals surface area contributed by atoms with E-state index in [0.29, 0.717) is 32.0 Å². The minimum atomic E-state index is -4.91. The normalized spacial score (nSPS) is 14.6. The number of nitrogens with two attached hydrogens (primary N) is 1. The first-order valence-electron chi connectivity index (χ1n) is 11.6. The zero-order chi connectivity index (χ0) is 27.2. The van der Waals surface area contributed by atoms with Gasteiger partial charge < -0.3 is 10.6 Å². The van der Waals surface area contributed by atoms with Gasteiger partial charge in [-0.25, -0.2) is 23.1 Å². The molecule has 0 atom stereocenters. The van der Waals surface area contributed by atoms with E-state index in [4.69, 9.17) is 11.0 Å². The van der Waals surface area contributed by atoms with Gasteiger partial charge in [0.1, 0.15) is 29.0 Å². The largest absolute Gasteiger partial charge is 0.417 e. The lowest BCUT2D eigenvalue weighted by Gasteiger charge is -2.30. The third-order valence-electron chi connectivity index (χ3n) is 6.54. The van der Waals surface area contributed by atoms with E-state index >= 15 is 4.39 Å². The highest BCUT2D eigenvalue weighted by Crippen LogP contribution is 2.41. The highest BCUT2D eigenvalue weighted by Gasteiger charge is 2.35. The van der Waals surface area contributed by atoms with Crippen molar-refractivity contribution in [2.75, 3.05) is 18.0 Å². The number of rotatable bonds is 3. The standard InChI is InChI=1S/C27H19F6N5/c28-20-3-1-2-19(27(31,32)33)23(20)16-10-18-24(14-4-5-15(13-34)21(29)11-14)36-26(37-25(18)22(30)12-16)38-8-6-17(35)7-9-38/h1-5,10-12,17H,6-9,35H2. The molecule has 1 aliphatic rings. The van der Waals surface area contributed by atoms with Gasteiger partial charge in [0, 0.05) is 35.6 Å². The van der Waals surface area contributed by atoms with Gasteiger partial charge >= 0.3 is 6.18 Å². The van der Waals surface area contributed by atoms with Crippen LogP contribution in [0.5, 0.6) is 0 Å². The predicted octanol–water partition coefficient (Wildman–Crippen LogP) is 6.20. The zero-order valence-electron chi connectivity index (χ0n) is 19.7. The second-order valence-corrected chi connectivity index (χ2v) is 9.02. The van der Waals surface area contributed by atoms with Crippen molar-refractivity contribution in [3.8, 4) is 28.5 Å². The lowest BCUT2D eigenvalue weighted by Crippen LogP contribution is -2.40. The van der Waals surface area contributed by atoms with Crippen molar-refractivity contribution in [1.82, 2.24) is 9.97 Å². The van der Waals surface area contributed by atoms with Gasteiger partial charge in [-0.05, 0) is 54.8 Å². The molecule has 5 nitrogen and oxygen atoms in total. The van der Waals surface area contributed by atoms with E-state index in [0.717, 1.165) is 30.3 Å². The Morgan fingerprint density at radius 3 is 2.26 bits per heavy atom. The van der Waals surface area contributed by atoms with E-state index in [9.17, 15) is 22.0 Å². The van der Waals surface area contributed by atoms with E-state index in [1.54, 1.807) is 11.0 Å². The second-order valence-electron chi connectivity index (χ2n) is 9.02. The Morgan fingerprint density at radius 2 is 1.61 bits per heavy atom. The molecule has 2 heterocycles. The molecule has 0 bridgehead atoms. The molecule has 1 aliphatic heterocycles. The molecule has 0 amide bonds. The molecule has 194 valence electrons. The Labute approximate surface area is 213 Å². The average Bonchev–Trinajstić information content (AvgIpc) is 2.88. The van der Waals surface area contributed by atoms with Crippen LogP contribution in [-0.2, 0) is 6.18 Å². The van der Waals surface area contributed by atoms with Crippen LogP contribution in [0.2, 0.25) is 0 Å². The number of nitrogens with zero attached hydrogens (tertiary/aromatic N) is 4. The Kier molecular flexibility index (Phi) is 6.44. The minimum absolute atomic E-state index is 0.0123. The van der Waals surface area contributed by atoms with Crippen molar-refractivity contribution in [3.05, 3.63) is 77.1 Å². The van der Waals surface area contributed by atoms with Gasteiger partial charge in [-0.1, -0.05) is 12.1 Å². The number of alkyl halides is 3. The fourth-order valence-electron chi connectivity index (χ4n) is 4.59. The monoisotopic (exact) mass is 527 g/mol. The van der Waals surface area contributed by atoms with E-state index in [1.165, 1.54) is 12.1 Å². The fourth-order valence-corrected chi connectivity index (χ4v) is 4.59. The number of hydrogen-bond donors (Lipinski definition) is 1. The van der Waals surface area contributed by atoms with Crippen molar-refractivity contribution in [2.24, 2.45) is 5.73 Å². The summed E-state index contributed by atoms with van der Waals surface area (Å²) < 4.78 is 86.0. The Balaban J connectivity index is 1.79. The van der Waals surface area contributed by atoms with Crippen LogP contribution in [0.15, 0.2) is 48.5 Å². The molecule has 0 unspecified atom stereocenters. The van der Waals surface area contributed by atoms with Gasteiger partial charge in [0.05, 0.1) is 16.8 Å². The van der Waals surface area contributed by atoms with Crippen molar-refractivity contribution >= 4 is 16.9 Å². The number of anilines is 1. The molecule has 0 aliphatic carbocycles. The van der Waals surface area contributed by atoms with Gasteiger partial charge in [-0.15, -0.1) is 0 Å². The van der Waals surface area contributed by atoms with Crippen LogP contribution in [0.25, 0.3) is 33.3 Å². The van der Waals surface area contributed by atoms with Crippen LogP contribution in [0.3, 0.4) is 0 Å². The molecule has 1 saturated heterocycles. The minimum Gasteiger partial charge on any atom is -0.341 e. The molecule has 0 spiro atoms. The molecule has 1 fully saturated rings. The molecule has 11 heteroatoms. The summed E-state index contributed by atoms with van der Waals surface area (Å²) in [6.45, 7) is 0.968. The average molecular weight is 527 g/mol. The molecular formula is C27H19F6N5. The van der Waals surface area contributed by atoms with E-state index < -0.39 is 34.8 Å². The molecule has 38 heavy (non-hydrogen) atoms. The summed E-state index contributed by atoms with van der Waals surface area (Å²) in [5.41, 5.74) is 3.21. The lowest BCUT2D eigenvalue weighted by molar-refractivity contribution is -0.137. The van der Waals surface area contributed by atoms with Crippen molar-refractivity contribution in [2.45, 2.75) is 25.1 Å². The van der Waals surface area contributed by atoms with Crippen LogP contribution in [0.1, 0.15) is 24.0 Å². The van der Waals surface area contributed by atoms with Gasteiger partial charge in [0.25, 0.3) is 0 Å². The molecule has 4 aromatic rings. The fraction of sp³-hybridized carbons (Fsp3) is 0.222. The van der Waals surface area contributed by atoms with E-state index in [-0.39, 0.29) is 45.3 Å². The Morgan fingerprint density at radius 1 is 0.895 bits per heavy atom. The highest BCUT2D eigenvalue weighted by molar-refractivity contribution is 5.96. The smallest absolute Gasteiger partial charge is 0.341 e. The quantitative estimate of drug-likeness (QED) is 0.321. The molecular weight excluding hydrogens is 508 g/mol. The first kappa shape index (κ1) is 25.5. The molecule has 5 rings (SSSR count).